The van der Waals surface area contributed by atoms with Crippen LogP contribution >= 0.6 is 0 Å². The van der Waals surface area contributed by atoms with Crippen LogP contribution < -0.4 is 10.4 Å². The molecule has 1 fully saturated rings. The molecule has 2 aliphatic carbocycles. The van der Waals surface area contributed by atoms with Gasteiger partial charge in [0.1, 0.15) is 0 Å². The van der Waals surface area contributed by atoms with E-state index in [1.807, 2.05) is 12.2 Å². The topological polar surface area (TPSA) is 0 Å². The van der Waals surface area contributed by atoms with E-state index in [9.17, 15) is 0 Å². The molecule has 0 unspecified atom stereocenters. The third-order valence-corrected chi connectivity index (χ3v) is 11.3. The van der Waals surface area contributed by atoms with E-state index in [0.29, 0.717) is 0 Å². The van der Waals surface area contributed by atoms with Crippen molar-refractivity contribution < 1.29 is 24.2 Å². The van der Waals surface area contributed by atoms with Gasteiger partial charge in [0.15, 0.2) is 0 Å². The van der Waals surface area contributed by atoms with Gasteiger partial charge in [-0.15, -0.1) is 46.2 Å². The summed E-state index contributed by atoms with van der Waals surface area (Å²) in [5.74, 6) is 0. The second-order valence-corrected chi connectivity index (χ2v) is 22.6. The molecule has 0 aliphatic heterocycles. The summed E-state index contributed by atoms with van der Waals surface area (Å²) in [6, 6.07) is 16.6. The zero-order chi connectivity index (χ0) is 22.6. The Balaban J connectivity index is 0.000000221. The van der Waals surface area contributed by atoms with Crippen molar-refractivity contribution in [2.45, 2.75) is 65.0 Å². The Kier molecular flexibility index (Phi) is 8.16. The molecule has 0 radical (unpaired) electrons. The Hall–Kier alpha value is -1.02. The van der Waals surface area contributed by atoms with Crippen LogP contribution in [-0.2, 0) is 24.2 Å². The first-order valence-electron chi connectivity index (χ1n) is 11.5. The van der Waals surface area contributed by atoms with Crippen LogP contribution in [0.25, 0.3) is 21.5 Å². The minimum atomic E-state index is -1.23. The Labute approximate surface area is 206 Å². The molecule has 3 aromatic rings. The first-order valence-corrected chi connectivity index (χ1v) is 19.7. The Bertz CT molecular complexity index is 1030. The van der Waals surface area contributed by atoms with Gasteiger partial charge in [-0.1, -0.05) is 73.9 Å². The molecule has 3 heteroatoms. The summed E-state index contributed by atoms with van der Waals surface area (Å²) < 4.78 is 1.78. The van der Waals surface area contributed by atoms with E-state index in [0.717, 1.165) is 6.42 Å². The van der Waals surface area contributed by atoms with Gasteiger partial charge in [-0.25, -0.2) is 12.2 Å². The van der Waals surface area contributed by atoms with E-state index in [-0.39, 0.29) is 0 Å². The predicted octanol–water partition coefficient (Wildman–Crippen LogP) is 7.00. The second kappa shape index (κ2) is 10.3. The molecule has 0 spiro atoms. The summed E-state index contributed by atoms with van der Waals surface area (Å²) in [4.78, 5) is 0. The molecule has 31 heavy (non-hydrogen) atoms. The summed E-state index contributed by atoms with van der Waals surface area (Å²) >= 11 is 1.67. The Morgan fingerprint density at radius 2 is 1.29 bits per heavy atom. The van der Waals surface area contributed by atoms with Gasteiger partial charge in [-0.3, -0.25) is 6.08 Å². The molecule has 0 aromatic heterocycles. The Morgan fingerprint density at radius 3 is 1.55 bits per heavy atom. The van der Waals surface area contributed by atoms with E-state index in [1.54, 1.807) is 37.8 Å². The molecule has 0 N–H and O–H groups in total. The molecular weight excluding hydrogens is 484 g/mol. The average Bonchev–Trinajstić information content (AvgIpc) is 3.35. The van der Waals surface area contributed by atoms with Gasteiger partial charge in [-0.05, 0) is 0 Å². The van der Waals surface area contributed by atoms with E-state index in [1.165, 1.54) is 40.8 Å². The van der Waals surface area contributed by atoms with E-state index >= 15 is 0 Å². The van der Waals surface area contributed by atoms with Gasteiger partial charge >= 0.3 is 46.7 Å². The predicted molar refractivity (Wildman–Crippen MR) is 143 cm³/mol. The van der Waals surface area contributed by atoms with Gasteiger partial charge in [0.2, 0.25) is 0 Å². The number of allylic oxidation sites excluding steroid dienone is 4. The first-order chi connectivity index (χ1) is 14.6. The molecule has 160 valence electrons. The fourth-order valence-corrected chi connectivity index (χ4v) is 6.86. The van der Waals surface area contributed by atoms with Crippen LogP contribution in [0.5, 0.6) is 0 Å². The number of rotatable bonds is 2. The van der Waals surface area contributed by atoms with Gasteiger partial charge in [-0.2, -0.15) is 6.08 Å². The van der Waals surface area contributed by atoms with Crippen molar-refractivity contribution in [3.63, 3.8) is 0 Å². The maximum atomic E-state index is 2.99. The quantitative estimate of drug-likeness (QED) is 0.253. The van der Waals surface area contributed by atoms with Crippen molar-refractivity contribution in [1.29, 1.82) is 0 Å². The van der Waals surface area contributed by atoms with Crippen molar-refractivity contribution >= 4 is 51.3 Å². The SMILES string of the molecule is C[Si](C)(C)c1ccc2c(c1)[cH-]c1cc([Si](C)(C)C)ccc12.[C-]1=CC=CC1.[Zr+2]=[C]1CCC1. The standard InChI is InChI=1S/C19H25Si2.C5H5.C4H6.Zr/c1-20(2,3)16-7-9-18-14(12-16)11-15-13-17(21(4,5)6)8-10-19(15)18;1-2-4-5-3-1;1-2-4-3-1;/h7-13H,1-6H3;1-3H,4H2;1-3H2;/q2*-1;;+2. The Morgan fingerprint density at radius 1 is 0.806 bits per heavy atom. The molecule has 3 aromatic carbocycles. The van der Waals surface area contributed by atoms with Crippen LogP contribution in [0.2, 0.25) is 39.3 Å². The molecule has 0 nitrogen and oxygen atoms in total. The van der Waals surface area contributed by atoms with Crippen molar-refractivity contribution in [1.82, 2.24) is 0 Å². The zero-order valence-electron chi connectivity index (χ0n) is 20.1. The van der Waals surface area contributed by atoms with Gasteiger partial charge in [0, 0.05) is 0 Å². The summed E-state index contributed by atoms with van der Waals surface area (Å²) in [5.41, 5.74) is 0. The molecular formula is C28H36Si2Zr. The molecule has 5 rings (SSSR count). The molecule has 1 saturated carbocycles. The van der Waals surface area contributed by atoms with Gasteiger partial charge in [0.05, 0.1) is 16.1 Å². The first kappa shape index (κ1) is 24.6. The molecule has 2 aliphatic rings. The fourth-order valence-electron chi connectivity index (χ4n) is 3.65. The van der Waals surface area contributed by atoms with E-state index in [4.69, 9.17) is 0 Å². The number of hydrogen-bond donors (Lipinski definition) is 0. The van der Waals surface area contributed by atoms with Crippen molar-refractivity contribution in [2.75, 3.05) is 0 Å². The molecule has 0 amide bonds. The molecule has 0 saturated heterocycles. The molecule has 0 heterocycles. The van der Waals surface area contributed by atoms with Gasteiger partial charge in [0.25, 0.3) is 0 Å². The summed E-state index contributed by atoms with van der Waals surface area (Å²) in [6.07, 6.45) is 14.4. The summed E-state index contributed by atoms with van der Waals surface area (Å²) in [7, 11) is -2.47. The van der Waals surface area contributed by atoms with E-state index < -0.39 is 16.1 Å². The van der Waals surface area contributed by atoms with Gasteiger partial charge < -0.3 is 0 Å². The summed E-state index contributed by atoms with van der Waals surface area (Å²) in [6.45, 7) is 14.5. The number of fused-ring (bicyclic) bond motifs is 3. The zero-order valence-corrected chi connectivity index (χ0v) is 24.6. The van der Waals surface area contributed by atoms with Crippen LogP contribution in [0, 0.1) is 6.08 Å². The van der Waals surface area contributed by atoms with Crippen LogP contribution in [0.15, 0.2) is 60.7 Å². The number of benzene rings is 2. The molecule has 0 bridgehead atoms. The average molecular weight is 520 g/mol. The minimum absolute atomic E-state index is 1.01. The third kappa shape index (κ3) is 6.73. The number of hydrogen-bond acceptors (Lipinski definition) is 0. The second-order valence-electron chi connectivity index (χ2n) is 10.7. The fraction of sp³-hybridized carbons (Fsp3) is 0.357. The van der Waals surface area contributed by atoms with E-state index in [2.05, 4.69) is 93.9 Å². The molecule has 0 atom stereocenters. The van der Waals surface area contributed by atoms with Crippen molar-refractivity contribution in [2.24, 2.45) is 0 Å². The third-order valence-electron chi connectivity index (χ3n) is 5.98. The normalized spacial score (nSPS) is 15.4. The van der Waals surface area contributed by atoms with Crippen LogP contribution in [0.4, 0.5) is 0 Å². The van der Waals surface area contributed by atoms with Crippen LogP contribution in [0.1, 0.15) is 25.7 Å². The van der Waals surface area contributed by atoms with Crippen molar-refractivity contribution in [3.05, 3.63) is 66.8 Å². The monoisotopic (exact) mass is 518 g/mol. The van der Waals surface area contributed by atoms with Crippen LogP contribution in [0.3, 0.4) is 0 Å². The van der Waals surface area contributed by atoms with Crippen LogP contribution in [-0.4, -0.2) is 19.4 Å². The summed E-state index contributed by atoms with van der Waals surface area (Å²) in [5, 5.41) is 8.75. The van der Waals surface area contributed by atoms with Crippen molar-refractivity contribution in [3.8, 4) is 0 Å². The maximum absolute atomic E-state index is 2.99.